The smallest absolute Gasteiger partial charge is 0.0438 e. The van der Waals surface area contributed by atoms with Crippen LogP contribution >= 0.6 is 24.0 Å². The van der Waals surface area contributed by atoms with Crippen LogP contribution in [0, 0.1) is 12.3 Å². The Labute approximate surface area is 133 Å². The van der Waals surface area contributed by atoms with E-state index < -0.39 is 0 Å². The van der Waals surface area contributed by atoms with E-state index in [1.807, 2.05) is 0 Å². The maximum atomic E-state index is 6.21. The molecular weight excluding hydrogens is 291 g/mol. The molecule has 112 valence electrons. The summed E-state index contributed by atoms with van der Waals surface area (Å²) in [5.41, 5.74) is 3.11. The maximum Gasteiger partial charge on any atom is 0.0438 e. The third-order valence-corrected chi connectivity index (χ3v) is 5.23. The van der Waals surface area contributed by atoms with Crippen LogP contribution in [-0.2, 0) is 6.54 Å². The summed E-state index contributed by atoms with van der Waals surface area (Å²) in [4.78, 5) is 2.60. The van der Waals surface area contributed by atoms with Gasteiger partial charge in [-0.05, 0) is 68.4 Å². The first-order valence-corrected chi connectivity index (χ1v) is 7.73. The van der Waals surface area contributed by atoms with E-state index in [2.05, 4.69) is 35.3 Å². The van der Waals surface area contributed by atoms with Crippen LogP contribution in [0.3, 0.4) is 0 Å². The highest BCUT2D eigenvalue weighted by Gasteiger charge is 2.38. The number of likely N-dealkylation sites (tertiary alicyclic amines) is 1. The lowest BCUT2D eigenvalue weighted by Crippen LogP contribution is -2.38. The van der Waals surface area contributed by atoms with Crippen LogP contribution in [0.25, 0.3) is 0 Å². The molecule has 1 spiro atoms. The molecule has 1 aromatic carbocycles. The Bertz CT molecular complexity index is 456. The average Bonchev–Trinajstić information content (AvgIpc) is 2.78. The van der Waals surface area contributed by atoms with Crippen LogP contribution in [0.1, 0.15) is 30.4 Å². The minimum absolute atomic E-state index is 0. The molecule has 0 radical (unpaired) electrons. The molecule has 3 rings (SSSR count). The van der Waals surface area contributed by atoms with Gasteiger partial charge in [0.2, 0.25) is 0 Å². The average molecular weight is 315 g/mol. The van der Waals surface area contributed by atoms with E-state index in [0.717, 1.165) is 11.6 Å². The highest BCUT2D eigenvalue weighted by molar-refractivity contribution is 6.31. The molecule has 1 N–H and O–H groups in total. The molecule has 0 atom stereocenters. The van der Waals surface area contributed by atoms with Crippen LogP contribution in [-0.4, -0.2) is 31.1 Å². The van der Waals surface area contributed by atoms with Crippen molar-refractivity contribution in [3.8, 4) is 0 Å². The van der Waals surface area contributed by atoms with Gasteiger partial charge in [0.1, 0.15) is 0 Å². The standard InChI is InChI=1S/C16H23ClN2.ClH/c1-13-2-3-14(10-15(13)17)11-19-9-6-16(12-19)4-7-18-8-5-16;/h2-3,10,18H,4-9,11-12H2,1H3;1H. The van der Waals surface area contributed by atoms with Gasteiger partial charge in [-0.3, -0.25) is 4.90 Å². The summed E-state index contributed by atoms with van der Waals surface area (Å²) in [5.74, 6) is 0. The fourth-order valence-electron chi connectivity index (χ4n) is 3.52. The number of nitrogens with one attached hydrogen (secondary N) is 1. The molecule has 0 saturated carbocycles. The topological polar surface area (TPSA) is 15.3 Å². The molecule has 2 saturated heterocycles. The Hall–Kier alpha value is -0.280. The van der Waals surface area contributed by atoms with Gasteiger partial charge in [-0.25, -0.2) is 0 Å². The minimum Gasteiger partial charge on any atom is -0.317 e. The SMILES string of the molecule is Cc1ccc(CN2CCC3(CCNCC3)C2)cc1Cl.Cl. The number of aryl methyl sites for hydroxylation is 1. The molecular formula is C16H24Cl2N2. The summed E-state index contributed by atoms with van der Waals surface area (Å²) in [5, 5.41) is 4.37. The van der Waals surface area contributed by atoms with Gasteiger partial charge >= 0.3 is 0 Å². The van der Waals surface area contributed by atoms with Crippen molar-refractivity contribution in [3.63, 3.8) is 0 Å². The van der Waals surface area contributed by atoms with Crippen LogP contribution in [0.15, 0.2) is 18.2 Å². The van der Waals surface area contributed by atoms with E-state index >= 15 is 0 Å². The molecule has 2 heterocycles. The van der Waals surface area contributed by atoms with E-state index in [4.69, 9.17) is 11.6 Å². The maximum absolute atomic E-state index is 6.21. The van der Waals surface area contributed by atoms with Crippen molar-refractivity contribution in [3.05, 3.63) is 34.3 Å². The molecule has 2 nitrogen and oxygen atoms in total. The minimum atomic E-state index is 0. The molecule has 2 fully saturated rings. The fourth-order valence-corrected chi connectivity index (χ4v) is 3.72. The molecule has 0 amide bonds. The zero-order valence-electron chi connectivity index (χ0n) is 12.1. The quantitative estimate of drug-likeness (QED) is 0.896. The Morgan fingerprint density at radius 1 is 1.25 bits per heavy atom. The van der Waals surface area contributed by atoms with Crippen molar-refractivity contribution < 1.29 is 0 Å². The van der Waals surface area contributed by atoms with Gasteiger partial charge in [0.05, 0.1) is 0 Å². The van der Waals surface area contributed by atoms with Crippen molar-refractivity contribution in [2.24, 2.45) is 5.41 Å². The lowest BCUT2D eigenvalue weighted by Gasteiger charge is -2.34. The summed E-state index contributed by atoms with van der Waals surface area (Å²) >= 11 is 6.21. The van der Waals surface area contributed by atoms with Crippen molar-refractivity contribution >= 4 is 24.0 Å². The second-order valence-corrected chi connectivity index (χ2v) is 6.70. The van der Waals surface area contributed by atoms with Crippen molar-refractivity contribution in [2.45, 2.75) is 32.7 Å². The molecule has 4 heteroatoms. The number of rotatable bonds is 2. The van der Waals surface area contributed by atoms with E-state index in [1.54, 1.807) is 0 Å². The Balaban J connectivity index is 0.00000147. The molecule has 0 aromatic heterocycles. The molecule has 2 aliphatic heterocycles. The molecule has 0 bridgehead atoms. The number of nitrogens with zero attached hydrogens (tertiary/aromatic N) is 1. The third kappa shape index (κ3) is 3.48. The lowest BCUT2D eigenvalue weighted by molar-refractivity contribution is 0.194. The van der Waals surface area contributed by atoms with E-state index in [1.165, 1.54) is 56.6 Å². The van der Waals surface area contributed by atoms with Gasteiger partial charge in [0.25, 0.3) is 0 Å². The van der Waals surface area contributed by atoms with E-state index in [-0.39, 0.29) is 12.4 Å². The normalized spacial score (nSPS) is 21.9. The van der Waals surface area contributed by atoms with E-state index in [9.17, 15) is 0 Å². The monoisotopic (exact) mass is 314 g/mol. The molecule has 20 heavy (non-hydrogen) atoms. The van der Waals surface area contributed by atoms with Gasteiger partial charge in [-0.15, -0.1) is 12.4 Å². The van der Waals surface area contributed by atoms with Crippen LogP contribution in [0.4, 0.5) is 0 Å². The summed E-state index contributed by atoms with van der Waals surface area (Å²) < 4.78 is 0. The van der Waals surface area contributed by atoms with Crippen LogP contribution in [0.2, 0.25) is 5.02 Å². The number of benzene rings is 1. The summed E-state index contributed by atoms with van der Waals surface area (Å²) in [7, 11) is 0. The van der Waals surface area contributed by atoms with Gasteiger partial charge in [-0.1, -0.05) is 23.7 Å². The molecule has 1 aromatic rings. The second-order valence-electron chi connectivity index (χ2n) is 6.29. The Kier molecular flexibility index (Phi) is 5.36. The zero-order chi connectivity index (χ0) is 13.3. The zero-order valence-corrected chi connectivity index (χ0v) is 13.7. The predicted molar refractivity (Wildman–Crippen MR) is 87.9 cm³/mol. The van der Waals surface area contributed by atoms with E-state index in [0.29, 0.717) is 5.41 Å². The first-order valence-electron chi connectivity index (χ1n) is 7.35. The highest BCUT2D eigenvalue weighted by atomic mass is 35.5. The van der Waals surface area contributed by atoms with Crippen LogP contribution in [0.5, 0.6) is 0 Å². The lowest BCUT2D eigenvalue weighted by atomic mass is 9.78. The number of piperidine rings is 1. The first kappa shape index (κ1) is 16.1. The van der Waals surface area contributed by atoms with Gasteiger partial charge in [0, 0.05) is 18.1 Å². The summed E-state index contributed by atoms with van der Waals surface area (Å²) in [6.45, 7) is 8.02. The third-order valence-electron chi connectivity index (χ3n) is 4.82. The van der Waals surface area contributed by atoms with Gasteiger partial charge in [0.15, 0.2) is 0 Å². The Morgan fingerprint density at radius 3 is 2.70 bits per heavy atom. The molecule has 0 unspecified atom stereocenters. The molecule has 2 aliphatic rings. The highest BCUT2D eigenvalue weighted by Crippen LogP contribution is 2.39. The summed E-state index contributed by atoms with van der Waals surface area (Å²) in [6, 6.07) is 6.48. The van der Waals surface area contributed by atoms with Gasteiger partial charge < -0.3 is 5.32 Å². The summed E-state index contributed by atoms with van der Waals surface area (Å²) in [6.07, 6.45) is 4.06. The number of halogens is 2. The second kappa shape index (κ2) is 6.65. The predicted octanol–water partition coefficient (Wildman–Crippen LogP) is 3.65. The first-order chi connectivity index (χ1) is 9.17. The number of hydrogen-bond donors (Lipinski definition) is 1. The van der Waals surface area contributed by atoms with Gasteiger partial charge in [-0.2, -0.15) is 0 Å². The number of hydrogen-bond acceptors (Lipinski definition) is 2. The van der Waals surface area contributed by atoms with Crippen LogP contribution < -0.4 is 5.32 Å². The molecule has 0 aliphatic carbocycles. The largest absolute Gasteiger partial charge is 0.317 e. The Morgan fingerprint density at radius 2 is 2.00 bits per heavy atom. The fraction of sp³-hybridized carbons (Fsp3) is 0.625. The van der Waals surface area contributed by atoms with Crippen molar-refractivity contribution in [2.75, 3.05) is 26.2 Å². The van der Waals surface area contributed by atoms with Crippen molar-refractivity contribution in [1.82, 2.24) is 10.2 Å². The van der Waals surface area contributed by atoms with Crippen molar-refractivity contribution in [1.29, 1.82) is 0 Å².